The topological polar surface area (TPSA) is 58.6 Å². The van der Waals surface area contributed by atoms with Crippen molar-refractivity contribution in [2.24, 2.45) is 0 Å². The molecule has 1 N–H and O–H groups in total. The van der Waals surface area contributed by atoms with E-state index in [9.17, 15) is 9.59 Å². The van der Waals surface area contributed by atoms with Crippen LogP contribution in [0.1, 0.15) is 35.4 Å². The largest absolute Gasteiger partial charge is 0.447 e. The molecule has 0 radical (unpaired) electrons. The van der Waals surface area contributed by atoms with E-state index in [4.69, 9.17) is 4.74 Å². The van der Waals surface area contributed by atoms with Crippen LogP contribution in [-0.4, -0.2) is 35.3 Å². The van der Waals surface area contributed by atoms with Crippen LogP contribution in [0.4, 0.5) is 10.5 Å². The Kier molecular flexibility index (Phi) is 6.62. The zero-order chi connectivity index (χ0) is 20.1. The van der Waals surface area contributed by atoms with Gasteiger partial charge in [-0.1, -0.05) is 54.4 Å². The Morgan fingerprint density at radius 2 is 1.75 bits per heavy atom. The van der Waals surface area contributed by atoms with E-state index in [0.717, 1.165) is 11.1 Å². The zero-order valence-electron chi connectivity index (χ0n) is 16.5. The number of anilines is 1. The van der Waals surface area contributed by atoms with Crippen LogP contribution in [0, 0.1) is 13.8 Å². The van der Waals surface area contributed by atoms with Gasteiger partial charge in [-0.05, 0) is 38.0 Å². The van der Waals surface area contributed by atoms with Crippen molar-refractivity contribution in [3.8, 4) is 0 Å². The lowest BCUT2D eigenvalue weighted by Gasteiger charge is -2.32. The molecule has 6 heteroatoms. The Hall–Kier alpha value is -2.47. The summed E-state index contributed by atoms with van der Waals surface area (Å²) in [4.78, 5) is 26.6. The first-order valence-electron chi connectivity index (χ1n) is 9.47. The molecule has 28 heavy (non-hydrogen) atoms. The molecule has 1 aliphatic rings. The van der Waals surface area contributed by atoms with Gasteiger partial charge in [-0.15, -0.1) is 11.8 Å². The summed E-state index contributed by atoms with van der Waals surface area (Å²) in [5, 5.41) is 2.69. The molecule has 5 nitrogen and oxygen atoms in total. The highest BCUT2D eigenvalue weighted by atomic mass is 32.2. The van der Waals surface area contributed by atoms with E-state index in [1.54, 1.807) is 11.8 Å². The van der Waals surface area contributed by atoms with Crippen LogP contribution < -0.4 is 5.32 Å². The molecule has 1 aliphatic heterocycles. The van der Waals surface area contributed by atoms with Crippen LogP contribution in [0.5, 0.6) is 0 Å². The van der Waals surface area contributed by atoms with Crippen LogP contribution in [0.3, 0.4) is 0 Å². The number of amides is 2. The summed E-state index contributed by atoms with van der Waals surface area (Å²) in [5.41, 5.74) is 4.10. The highest BCUT2D eigenvalue weighted by Crippen LogP contribution is 2.40. The second kappa shape index (κ2) is 9.15. The van der Waals surface area contributed by atoms with Crippen molar-refractivity contribution in [3.05, 3.63) is 65.2 Å². The Bertz CT molecular complexity index is 821. The van der Waals surface area contributed by atoms with Crippen LogP contribution in [-0.2, 0) is 9.53 Å². The predicted octanol–water partition coefficient (Wildman–Crippen LogP) is 4.90. The van der Waals surface area contributed by atoms with E-state index in [-0.39, 0.29) is 23.9 Å². The third-order valence-corrected chi connectivity index (χ3v) is 6.07. The standard InChI is InChI=1S/C22H26N2O3S/c1-4-19(13-27-22(26)23-18-11-7-16(3)8-12-18)24-20(25)14-28-21(24)17-9-5-15(2)6-10-17/h5-12,19,21H,4,13-14H2,1-3H3,(H,23,26)/t19-,21+/m1/s1. The summed E-state index contributed by atoms with van der Waals surface area (Å²) in [6.45, 7) is 6.21. The Labute approximate surface area is 170 Å². The summed E-state index contributed by atoms with van der Waals surface area (Å²) >= 11 is 1.62. The molecule has 1 heterocycles. The minimum atomic E-state index is -0.506. The second-order valence-electron chi connectivity index (χ2n) is 7.03. The van der Waals surface area contributed by atoms with Crippen LogP contribution >= 0.6 is 11.8 Å². The fourth-order valence-electron chi connectivity index (χ4n) is 3.18. The predicted molar refractivity (Wildman–Crippen MR) is 113 cm³/mol. The van der Waals surface area contributed by atoms with E-state index in [1.165, 1.54) is 5.56 Å². The molecular weight excluding hydrogens is 372 g/mol. The van der Waals surface area contributed by atoms with Gasteiger partial charge in [0.2, 0.25) is 5.91 Å². The van der Waals surface area contributed by atoms with Crippen molar-refractivity contribution in [1.82, 2.24) is 4.90 Å². The lowest BCUT2D eigenvalue weighted by atomic mass is 10.1. The van der Waals surface area contributed by atoms with Crippen molar-refractivity contribution in [1.29, 1.82) is 0 Å². The van der Waals surface area contributed by atoms with E-state index < -0.39 is 6.09 Å². The molecule has 0 bridgehead atoms. The first-order chi connectivity index (χ1) is 13.5. The average molecular weight is 399 g/mol. The van der Waals surface area contributed by atoms with Gasteiger partial charge in [0.05, 0.1) is 11.8 Å². The molecule has 0 aliphatic carbocycles. The number of thioether (sulfide) groups is 1. The molecule has 2 amide bonds. The number of nitrogens with zero attached hydrogens (tertiary/aromatic N) is 1. The highest BCUT2D eigenvalue weighted by Gasteiger charge is 2.37. The number of ether oxygens (including phenoxy) is 1. The van der Waals surface area contributed by atoms with E-state index in [0.29, 0.717) is 17.9 Å². The Morgan fingerprint density at radius 1 is 1.14 bits per heavy atom. The molecule has 2 aromatic carbocycles. The van der Waals surface area contributed by atoms with E-state index in [2.05, 4.69) is 29.6 Å². The van der Waals surface area contributed by atoms with Crippen LogP contribution in [0.15, 0.2) is 48.5 Å². The number of nitrogens with one attached hydrogen (secondary N) is 1. The maximum Gasteiger partial charge on any atom is 0.411 e. The van der Waals surface area contributed by atoms with Gasteiger partial charge < -0.3 is 9.64 Å². The van der Waals surface area contributed by atoms with Crippen molar-refractivity contribution < 1.29 is 14.3 Å². The fraction of sp³-hybridized carbons (Fsp3) is 0.364. The monoisotopic (exact) mass is 398 g/mol. The molecule has 0 unspecified atom stereocenters. The number of benzene rings is 2. The number of hydrogen-bond donors (Lipinski definition) is 1. The summed E-state index contributed by atoms with van der Waals surface area (Å²) < 4.78 is 5.44. The van der Waals surface area contributed by atoms with Crippen LogP contribution in [0.25, 0.3) is 0 Å². The molecule has 2 atom stereocenters. The number of aryl methyl sites for hydroxylation is 2. The first-order valence-corrected chi connectivity index (χ1v) is 10.5. The van der Waals surface area contributed by atoms with E-state index in [1.807, 2.05) is 49.9 Å². The van der Waals surface area contributed by atoms with Gasteiger partial charge in [0.15, 0.2) is 0 Å². The molecule has 0 spiro atoms. The number of hydrogen-bond acceptors (Lipinski definition) is 4. The Morgan fingerprint density at radius 3 is 2.36 bits per heavy atom. The third kappa shape index (κ3) is 4.87. The van der Waals surface area contributed by atoms with E-state index >= 15 is 0 Å². The lowest BCUT2D eigenvalue weighted by molar-refractivity contribution is -0.131. The van der Waals surface area contributed by atoms with Crippen molar-refractivity contribution in [2.75, 3.05) is 17.7 Å². The van der Waals surface area contributed by atoms with Gasteiger partial charge >= 0.3 is 6.09 Å². The van der Waals surface area contributed by atoms with Gasteiger partial charge in [0.25, 0.3) is 0 Å². The molecular formula is C22H26N2O3S. The van der Waals surface area contributed by atoms with Gasteiger partial charge in [0, 0.05) is 5.69 Å². The summed E-state index contributed by atoms with van der Waals surface area (Å²) in [5.74, 6) is 0.537. The van der Waals surface area contributed by atoms with Gasteiger partial charge in [0.1, 0.15) is 12.0 Å². The van der Waals surface area contributed by atoms with Gasteiger partial charge in [-0.25, -0.2) is 4.79 Å². The molecule has 3 rings (SSSR count). The second-order valence-corrected chi connectivity index (χ2v) is 8.10. The highest BCUT2D eigenvalue weighted by molar-refractivity contribution is 8.00. The fourth-order valence-corrected chi connectivity index (χ4v) is 4.43. The quantitative estimate of drug-likeness (QED) is 0.751. The molecule has 0 aromatic heterocycles. The molecule has 1 saturated heterocycles. The zero-order valence-corrected chi connectivity index (χ0v) is 17.3. The van der Waals surface area contributed by atoms with Crippen LogP contribution in [0.2, 0.25) is 0 Å². The molecule has 148 valence electrons. The normalized spacial score (nSPS) is 17.5. The summed E-state index contributed by atoms with van der Waals surface area (Å²) in [6.07, 6.45) is 0.209. The van der Waals surface area contributed by atoms with Crippen molar-refractivity contribution in [2.45, 2.75) is 38.6 Å². The minimum absolute atomic E-state index is 0.0400. The summed E-state index contributed by atoms with van der Waals surface area (Å²) in [6, 6.07) is 15.6. The maximum absolute atomic E-state index is 12.5. The number of carbonyl (C=O) groups is 2. The Balaban J connectivity index is 1.63. The number of rotatable bonds is 6. The minimum Gasteiger partial charge on any atom is -0.447 e. The SMILES string of the molecule is CC[C@H](COC(=O)Nc1ccc(C)cc1)N1C(=O)CS[C@H]1c1ccc(C)cc1. The molecule has 1 fully saturated rings. The van der Waals surface area contributed by atoms with Crippen molar-refractivity contribution >= 4 is 29.4 Å². The van der Waals surface area contributed by atoms with Gasteiger partial charge in [-0.3, -0.25) is 10.1 Å². The smallest absolute Gasteiger partial charge is 0.411 e. The maximum atomic E-state index is 12.5. The summed E-state index contributed by atoms with van der Waals surface area (Å²) in [7, 11) is 0. The lowest BCUT2D eigenvalue weighted by Crippen LogP contribution is -2.41. The average Bonchev–Trinajstić information content (AvgIpc) is 3.06. The third-order valence-electron chi connectivity index (χ3n) is 4.84. The number of carbonyl (C=O) groups excluding carboxylic acids is 2. The molecule has 2 aromatic rings. The van der Waals surface area contributed by atoms with Crippen molar-refractivity contribution in [3.63, 3.8) is 0 Å². The molecule has 0 saturated carbocycles. The first kappa shape index (κ1) is 20.3. The van der Waals surface area contributed by atoms with Gasteiger partial charge in [-0.2, -0.15) is 0 Å².